The zero-order chi connectivity index (χ0) is 20.2. The summed E-state index contributed by atoms with van der Waals surface area (Å²) in [6.45, 7) is 3.41. The number of benzene rings is 2. The average molecular weight is 411 g/mol. The molecule has 2 aliphatic heterocycles. The fraction of sp³-hybridized carbons (Fsp3) is 0.391. The maximum absolute atomic E-state index is 13.5. The number of fused-ring (bicyclic) bond motifs is 1. The minimum absolute atomic E-state index is 0.0161. The van der Waals surface area contributed by atoms with Gasteiger partial charge in [-0.2, -0.15) is 11.8 Å². The lowest BCUT2D eigenvalue weighted by Gasteiger charge is -2.26. The standard InChI is InChI=1S/C23H26N2O3S/c1-2-29-15-16-7-3-4-9-20(16)23(27)25-12-17(19-8-5-6-10-21(19)25)11-18-13-28-14-22(26)24-18/h3-10,17-18H,2,11-15H2,1H3,(H,24,26). The van der Waals surface area contributed by atoms with Gasteiger partial charge in [0.15, 0.2) is 0 Å². The molecule has 0 aromatic heterocycles. The van der Waals surface area contributed by atoms with Crippen LogP contribution in [0.15, 0.2) is 48.5 Å². The lowest BCUT2D eigenvalue weighted by atomic mass is 9.94. The monoisotopic (exact) mass is 410 g/mol. The van der Waals surface area contributed by atoms with Crippen molar-refractivity contribution in [3.8, 4) is 0 Å². The Morgan fingerprint density at radius 3 is 2.83 bits per heavy atom. The smallest absolute Gasteiger partial charge is 0.258 e. The highest BCUT2D eigenvalue weighted by atomic mass is 32.2. The summed E-state index contributed by atoms with van der Waals surface area (Å²) in [6, 6.07) is 16.0. The van der Waals surface area contributed by atoms with Crippen molar-refractivity contribution < 1.29 is 14.3 Å². The van der Waals surface area contributed by atoms with Crippen molar-refractivity contribution in [2.24, 2.45) is 0 Å². The van der Waals surface area contributed by atoms with E-state index in [9.17, 15) is 9.59 Å². The first-order valence-electron chi connectivity index (χ1n) is 10.1. The van der Waals surface area contributed by atoms with E-state index in [2.05, 4.69) is 18.3 Å². The van der Waals surface area contributed by atoms with Crippen LogP contribution in [0.5, 0.6) is 0 Å². The minimum atomic E-state index is -0.0668. The Morgan fingerprint density at radius 2 is 2.00 bits per heavy atom. The lowest BCUT2D eigenvalue weighted by Crippen LogP contribution is -2.46. The number of carbonyl (C=O) groups excluding carboxylic acids is 2. The molecule has 2 aromatic rings. The third-order valence-electron chi connectivity index (χ3n) is 5.51. The van der Waals surface area contributed by atoms with Crippen LogP contribution in [0, 0.1) is 0 Å². The van der Waals surface area contributed by atoms with Gasteiger partial charge in [0.05, 0.1) is 12.6 Å². The maximum Gasteiger partial charge on any atom is 0.258 e. The molecule has 4 rings (SSSR count). The number of rotatable bonds is 6. The predicted octanol–water partition coefficient (Wildman–Crippen LogP) is 3.59. The second kappa shape index (κ2) is 9.01. The first-order valence-corrected chi connectivity index (χ1v) is 11.3. The molecule has 6 heteroatoms. The summed E-state index contributed by atoms with van der Waals surface area (Å²) in [5.74, 6) is 2.02. The Labute approximate surface area is 175 Å². The molecule has 2 aliphatic rings. The van der Waals surface area contributed by atoms with E-state index < -0.39 is 0 Å². The van der Waals surface area contributed by atoms with Crippen LogP contribution in [0.25, 0.3) is 0 Å². The van der Waals surface area contributed by atoms with Crippen LogP contribution in [0.4, 0.5) is 5.69 Å². The van der Waals surface area contributed by atoms with Crippen LogP contribution in [0.1, 0.15) is 40.7 Å². The van der Waals surface area contributed by atoms with Gasteiger partial charge in [0.25, 0.3) is 5.91 Å². The number of anilines is 1. The molecule has 2 amide bonds. The molecule has 152 valence electrons. The zero-order valence-corrected chi connectivity index (χ0v) is 17.4. The quantitative estimate of drug-likeness (QED) is 0.791. The molecule has 1 fully saturated rings. The van der Waals surface area contributed by atoms with Crippen molar-refractivity contribution >= 4 is 29.3 Å². The van der Waals surface area contributed by atoms with E-state index in [4.69, 9.17) is 4.74 Å². The number of hydrogen-bond donors (Lipinski definition) is 1. The van der Waals surface area contributed by atoms with Gasteiger partial charge in [0.1, 0.15) is 6.61 Å². The molecule has 5 nitrogen and oxygen atoms in total. The Bertz CT molecular complexity index is 901. The van der Waals surface area contributed by atoms with Crippen LogP contribution in [-0.4, -0.2) is 43.4 Å². The number of para-hydroxylation sites is 1. The van der Waals surface area contributed by atoms with Crippen LogP contribution in [-0.2, 0) is 15.3 Å². The summed E-state index contributed by atoms with van der Waals surface area (Å²) in [4.78, 5) is 27.1. The van der Waals surface area contributed by atoms with Gasteiger partial charge in [-0.05, 0) is 35.4 Å². The number of nitrogens with one attached hydrogen (secondary N) is 1. The number of hydrogen-bond acceptors (Lipinski definition) is 4. The molecule has 2 atom stereocenters. The van der Waals surface area contributed by atoms with Crippen molar-refractivity contribution in [2.45, 2.75) is 31.1 Å². The highest BCUT2D eigenvalue weighted by molar-refractivity contribution is 7.98. The van der Waals surface area contributed by atoms with Gasteiger partial charge in [-0.3, -0.25) is 9.59 Å². The molecular formula is C23H26N2O3S. The summed E-state index contributed by atoms with van der Waals surface area (Å²) in [7, 11) is 0. The van der Waals surface area contributed by atoms with Crippen molar-refractivity contribution in [3.05, 3.63) is 65.2 Å². The van der Waals surface area contributed by atoms with Crippen LogP contribution in [0.3, 0.4) is 0 Å². The molecule has 0 bridgehead atoms. The Hall–Kier alpha value is -2.31. The second-order valence-electron chi connectivity index (χ2n) is 7.48. The molecule has 1 N–H and O–H groups in total. The molecule has 2 unspecified atom stereocenters. The SMILES string of the molecule is CCSCc1ccccc1C(=O)N1CC(CC2COCC(=O)N2)c2ccccc21. The number of morpholine rings is 1. The number of nitrogens with zero attached hydrogens (tertiary/aromatic N) is 1. The fourth-order valence-electron chi connectivity index (χ4n) is 4.18. The molecule has 0 aliphatic carbocycles. The third-order valence-corrected chi connectivity index (χ3v) is 6.43. The summed E-state index contributed by atoms with van der Waals surface area (Å²) in [5, 5.41) is 3.01. The van der Waals surface area contributed by atoms with Gasteiger partial charge in [-0.1, -0.05) is 43.3 Å². The fourth-order valence-corrected chi connectivity index (χ4v) is 4.85. The predicted molar refractivity (Wildman–Crippen MR) is 117 cm³/mol. The van der Waals surface area contributed by atoms with Gasteiger partial charge in [-0.25, -0.2) is 0 Å². The molecule has 1 saturated heterocycles. The normalized spacial score (nSPS) is 21.0. The van der Waals surface area contributed by atoms with E-state index in [-0.39, 0.29) is 30.4 Å². The third kappa shape index (κ3) is 4.33. The van der Waals surface area contributed by atoms with Crippen LogP contribution in [0.2, 0.25) is 0 Å². The first-order chi connectivity index (χ1) is 14.2. The second-order valence-corrected chi connectivity index (χ2v) is 8.76. The maximum atomic E-state index is 13.5. The van der Waals surface area contributed by atoms with Crippen LogP contribution < -0.4 is 10.2 Å². The van der Waals surface area contributed by atoms with Crippen molar-refractivity contribution in [1.82, 2.24) is 5.32 Å². The van der Waals surface area contributed by atoms with Gasteiger partial charge in [0, 0.05) is 29.5 Å². The molecule has 2 heterocycles. The molecule has 2 aromatic carbocycles. The number of carbonyl (C=O) groups is 2. The molecule has 0 spiro atoms. The van der Waals surface area contributed by atoms with Gasteiger partial charge < -0.3 is 15.0 Å². The summed E-state index contributed by atoms with van der Waals surface area (Å²) >= 11 is 1.82. The first kappa shape index (κ1) is 20.0. The topological polar surface area (TPSA) is 58.6 Å². The number of thioether (sulfide) groups is 1. The molecule has 29 heavy (non-hydrogen) atoms. The number of amides is 2. The lowest BCUT2D eigenvalue weighted by molar-refractivity contribution is -0.131. The average Bonchev–Trinajstić information content (AvgIpc) is 3.10. The van der Waals surface area contributed by atoms with E-state index in [1.807, 2.05) is 59.1 Å². The molecular weight excluding hydrogens is 384 g/mol. The Morgan fingerprint density at radius 1 is 1.21 bits per heavy atom. The molecule has 0 saturated carbocycles. The highest BCUT2D eigenvalue weighted by Gasteiger charge is 2.35. The molecule has 0 radical (unpaired) electrons. The highest BCUT2D eigenvalue weighted by Crippen LogP contribution is 2.39. The zero-order valence-electron chi connectivity index (χ0n) is 16.6. The minimum Gasteiger partial charge on any atom is -0.370 e. The van der Waals surface area contributed by atoms with E-state index in [1.54, 1.807) is 0 Å². The van der Waals surface area contributed by atoms with E-state index in [0.29, 0.717) is 13.2 Å². The number of ether oxygens (including phenoxy) is 1. The van der Waals surface area contributed by atoms with Crippen molar-refractivity contribution in [1.29, 1.82) is 0 Å². The van der Waals surface area contributed by atoms with E-state index in [1.165, 1.54) is 5.56 Å². The summed E-state index contributed by atoms with van der Waals surface area (Å²) < 4.78 is 5.39. The Kier molecular flexibility index (Phi) is 6.21. The summed E-state index contributed by atoms with van der Waals surface area (Å²) in [5.41, 5.74) is 4.00. The van der Waals surface area contributed by atoms with Crippen LogP contribution >= 0.6 is 11.8 Å². The van der Waals surface area contributed by atoms with Gasteiger partial charge >= 0.3 is 0 Å². The summed E-state index contributed by atoms with van der Waals surface area (Å²) in [6.07, 6.45) is 0.764. The van der Waals surface area contributed by atoms with E-state index in [0.717, 1.165) is 34.7 Å². The Balaban J connectivity index is 1.57. The van der Waals surface area contributed by atoms with Crippen molar-refractivity contribution in [2.75, 3.05) is 30.4 Å². The van der Waals surface area contributed by atoms with Gasteiger partial charge in [0.2, 0.25) is 5.91 Å². The van der Waals surface area contributed by atoms with Crippen molar-refractivity contribution in [3.63, 3.8) is 0 Å². The largest absolute Gasteiger partial charge is 0.370 e. The van der Waals surface area contributed by atoms with Gasteiger partial charge in [-0.15, -0.1) is 0 Å². The van der Waals surface area contributed by atoms with E-state index >= 15 is 0 Å².